The Morgan fingerprint density at radius 3 is 2.78 bits per heavy atom. The van der Waals surface area contributed by atoms with Crippen molar-refractivity contribution in [1.29, 1.82) is 0 Å². The van der Waals surface area contributed by atoms with Gasteiger partial charge in [-0.05, 0) is 55.8 Å². The maximum atomic E-state index is 12.5. The number of ether oxygens (including phenoxy) is 2. The largest absolute Gasteiger partial charge is 0.492 e. The average Bonchev–Trinajstić information content (AvgIpc) is 3.34. The predicted molar refractivity (Wildman–Crippen MR) is 123 cm³/mol. The highest BCUT2D eigenvalue weighted by Gasteiger charge is 2.18. The minimum atomic E-state index is -0.205. The molecule has 0 unspecified atom stereocenters. The molecule has 0 atom stereocenters. The van der Waals surface area contributed by atoms with Gasteiger partial charge in [-0.3, -0.25) is 9.69 Å². The van der Waals surface area contributed by atoms with Gasteiger partial charge in [0.05, 0.1) is 5.69 Å². The molecule has 0 bridgehead atoms. The Labute approximate surface area is 188 Å². The zero-order valence-corrected chi connectivity index (χ0v) is 18.4. The topological polar surface area (TPSA) is 68.6 Å². The number of nitrogens with zero attached hydrogens (tertiary/aromatic N) is 3. The lowest BCUT2D eigenvalue weighted by atomic mass is 10.1. The molecule has 4 rings (SSSR count). The summed E-state index contributed by atoms with van der Waals surface area (Å²) in [6.45, 7) is 3.60. The molecular formula is C25H30N4O3. The third-order valence-electron chi connectivity index (χ3n) is 5.72. The van der Waals surface area contributed by atoms with E-state index in [2.05, 4.69) is 22.4 Å². The number of amides is 1. The summed E-state index contributed by atoms with van der Waals surface area (Å²) in [4.78, 5) is 14.9. The van der Waals surface area contributed by atoms with Gasteiger partial charge >= 0.3 is 0 Å². The Bertz CT molecular complexity index is 999. The average molecular weight is 435 g/mol. The van der Waals surface area contributed by atoms with Crippen molar-refractivity contribution >= 4 is 5.91 Å². The summed E-state index contributed by atoms with van der Waals surface area (Å²) >= 11 is 0. The Morgan fingerprint density at radius 2 is 1.97 bits per heavy atom. The molecule has 1 amide bonds. The van der Waals surface area contributed by atoms with Crippen LogP contribution >= 0.6 is 0 Å². The second kappa shape index (κ2) is 10.9. The molecule has 0 saturated carbocycles. The quantitative estimate of drug-likeness (QED) is 0.560. The van der Waals surface area contributed by atoms with Crippen LogP contribution in [0, 0.1) is 0 Å². The number of likely N-dealkylation sites (N-methyl/N-ethyl adjacent to an activating group) is 1. The summed E-state index contributed by atoms with van der Waals surface area (Å²) in [5.41, 5.74) is 2.28. The molecule has 168 valence electrons. The molecule has 1 aliphatic rings. The SMILES string of the molecule is CN(CCOc1cccc(CNC(=O)c2ccn(-c3ccccc3)n2)c1)C1CCOCC1. The van der Waals surface area contributed by atoms with Crippen LogP contribution in [-0.4, -0.2) is 60.0 Å². The number of rotatable bonds is 9. The minimum Gasteiger partial charge on any atom is -0.492 e. The van der Waals surface area contributed by atoms with Crippen LogP contribution in [-0.2, 0) is 11.3 Å². The van der Waals surface area contributed by atoms with Crippen LogP contribution in [0.1, 0.15) is 28.9 Å². The van der Waals surface area contributed by atoms with Crippen molar-refractivity contribution < 1.29 is 14.3 Å². The number of hydrogen-bond donors (Lipinski definition) is 1. The highest BCUT2D eigenvalue weighted by Crippen LogP contribution is 2.15. The Balaban J connectivity index is 1.25. The fourth-order valence-corrected chi connectivity index (χ4v) is 3.80. The van der Waals surface area contributed by atoms with Crippen molar-refractivity contribution in [1.82, 2.24) is 20.0 Å². The van der Waals surface area contributed by atoms with E-state index >= 15 is 0 Å². The minimum absolute atomic E-state index is 0.205. The predicted octanol–water partition coefficient (Wildman–Crippen LogP) is 3.29. The van der Waals surface area contributed by atoms with Crippen LogP contribution in [0.4, 0.5) is 0 Å². The first-order valence-electron chi connectivity index (χ1n) is 11.1. The monoisotopic (exact) mass is 434 g/mol. The van der Waals surface area contributed by atoms with E-state index in [1.807, 2.05) is 54.6 Å². The molecule has 2 aromatic carbocycles. The second-order valence-electron chi connectivity index (χ2n) is 7.98. The number of hydrogen-bond acceptors (Lipinski definition) is 5. The van der Waals surface area contributed by atoms with Crippen molar-refractivity contribution in [3.8, 4) is 11.4 Å². The van der Waals surface area contributed by atoms with Crippen molar-refractivity contribution in [2.24, 2.45) is 0 Å². The summed E-state index contributed by atoms with van der Waals surface area (Å²) in [7, 11) is 2.14. The van der Waals surface area contributed by atoms with Crippen molar-refractivity contribution in [2.45, 2.75) is 25.4 Å². The number of benzene rings is 2. The molecule has 1 N–H and O–H groups in total. The maximum Gasteiger partial charge on any atom is 0.272 e. The Morgan fingerprint density at radius 1 is 1.16 bits per heavy atom. The Hall–Kier alpha value is -3.16. The lowest BCUT2D eigenvalue weighted by molar-refractivity contribution is 0.0392. The molecule has 1 saturated heterocycles. The van der Waals surface area contributed by atoms with Crippen LogP contribution in [0.25, 0.3) is 5.69 Å². The molecule has 2 heterocycles. The smallest absolute Gasteiger partial charge is 0.272 e. The molecule has 0 spiro atoms. The van der Waals surface area contributed by atoms with Crippen molar-refractivity contribution in [2.75, 3.05) is 33.4 Å². The van der Waals surface area contributed by atoms with Gasteiger partial charge in [0.2, 0.25) is 0 Å². The first-order chi connectivity index (χ1) is 15.7. The second-order valence-corrected chi connectivity index (χ2v) is 7.98. The van der Waals surface area contributed by atoms with Crippen molar-refractivity contribution in [3.63, 3.8) is 0 Å². The van der Waals surface area contributed by atoms with Gasteiger partial charge in [0.1, 0.15) is 12.4 Å². The van der Waals surface area contributed by atoms with Gasteiger partial charge in [-0.15, -0.1) is 0 Å². The van der Waals surface area contributed by atoms with Crippen molar-refractivity contribution in [3.05, 3.63) is 78.1 Å². The summed E-state index contributed by atoms with van der Waals surface area (Å²) in [5.74, 6) is 0.606. The number of aromatic nitrogens is 2. The number of nitrogens with one attached hydrogen (secondary N) is 1. The van der Waals surface area contributed by atoms with Gasteiger partial charge in [-0.1, -0.05) is 30.3 Å². The van der Waals surface area contributed by atoms with E-state index in [0.717, 1.165) is 49.6 Å². The van der Waals surface area contributed by atoms with Gasteiger partial charge in [0, 0.05) is 38.5 Å². The molecule has 0 radical (unpaired) electrons. The van der Waals surface area contributed by atoms with E-state index in [1.165, 1.54) is 0 Å². The van der Waals surface area contributed by atoms with Gasteiger partial charge in [0.15, 0.2) is 5.69 Å². The normalized spacial score (nSPS) is 14.4. The third-order valence-corrected chi connectivity index (χ3v) is 5.72. The maximum absolute atomic E-state index is 12.5. The lowest BCUT2D eigenvalue weighted by Gasteiger charge is -2.31. The summed E-state index contributed by atoms with van der Waals surface area (Å²) < 4.78 is 13.1. The van der Waals surface area contributed by atoms with E-state index < -0.39 is 0 Å². The highest BCUT2D eigenvalue weighted by atomic mass is 16.5. The molecular weight excluding hydrogens is 404 g/mol. The van der Waals surface area contributed by atoms with E-state index in [4.69, 9.17) is 9.47 Å². The Kier molecular flexibility index (Phi) is 7.53. The summed E-state index contributed by atoms with van der Waals surface area (Å²) in [5, 5.41) is 7.31. The first-order valence-corrected chi connectivity index (χ1v) is 11.1. The van der Waals surface area contributed by atoms with Crippen LogP contribution in [0.3, 0.4) is 0 Å². The number of carbonyl (C=O) groups excluding carboxylic acids is 1. The number of para-hydroxylation sites is 1. The zero-order chi connectivity index (χ0) is 22.2. The molecule has 3 aromatic rings. The molecule has 7 heteroatoms. The summed E-state index contributed by atoms with van der Waals surface area (Å²) in [6, 6.07) is 19.8. The van der Waals surface area contributed by atoms with Gasteiger partial charge < -0.3 is 14.8 Å². The molecule has 1 fully saturated rings. The molecule has 1 aromatic heterocycles. The van der Waals surface area contributed by atoms with Crippen LogP contribution in [0.2, 0.25) is 0 Å². The third kappa shape index (κ3) is 5.96. The van der Waals surface area contributed by atoms with Crippen LogP contribution < -0.4 is 10.1 Å². The fourth-order valence-electron chi connectivity index (χ4n) is 3.80. The fraction of sp³-hybridized carbons (Fsp3) is 0.360. The van der Waals surface area contributed by atoms with E-state index in [-0.39, 0.29) is 5.91 Å². The van der Waals surface area contributed by atoms with E-state index in [0.29, 0.717) is 24.9 Å². The van der Waals surface area contributed by atoms with Crippen LogP contribution in [0.15, 0.2) is 66.9 Å². The molecule has 0 aliphatic carbocycles. The number of carbonyl (C=O) groups is 1. The lowest BCUT2D eigenvalue weighted by Crippen LogP contribution is -2.38. The van der Waals surface area contributed by atoms with E-state index in [1.54, 1.807) is 16.9 Å². The van der Waals surface area contributed by atoms with Gasteiger partial charge in [-0.25, -0.2) is 4.68 Å². The zero-order valence-electron chi connectivity index (χ0n) is 18.4. The molecule has 7 nitrogen and oxygen atoms in total. The standard InChI is InChI=1S/C25H30N4O3/c1-28(21-11-15-31-16-12-21)14-17-32-23-9-5-6-20(18-23)19-26-25(30)24-10-13-29(27-24)22-7-3-2-4-8-22/h2-10,13,18,21H,11-12,14-17,19H2,1H3,(H,26,30). The van der Waals surface area contributed by atoms with Gasteiger partial charge in [-0.2, -0.15) is 5.10 Å². The van der Waals surface area contributed by atoms with Gasteiger partial charge in [0.25, 0.3) is 5.91 Å². The highest BCUT2D eigenvalue weighted by molar-refractivity contribution is 5.92. The summed E-state index contributed by atoms with van der Waals surface area (Å²) in [6.07, 6.45) is 3.95. The first kappa shape index (κ1) is 22.0. The van der Waals surface area contributed by atoms with Crippen LogP contribution in [0.5, 0.6) is 5.75 Å². The molecule has 1 aliphatic heterocycles. The van der Waals surface area contributed by atoms with E-state index in [9.17, 15) is 4.79 Å². The molecule has 32 heavy (non-hydrogen) atoms.